The first kappa shape index (κ1) is 21.1. The summed E-state index contributed by atoms with van der Waals surface area (Å²) in [6.45, 7) is 3.83. The second-order valence-electron chi connectivity index (χ2n) is 7.51. The first-order valence-corrected chi connectivity index (χ1v) is 9.95. The Labute approximate surface area is 184 Å². The quantitative estimate of drug-likeness (QED) is 0.499. The van der Waals surface area contributed by atoms with Crippen molar-refractivity contribution in [1.29, 1.82) is 0 Å². The van der Waals surface area contributed by atoms with Gasteiger partial charge in [-0.1, -0.05) is 17.3 Å². The first-order valence-electron chi connectivity index (χ1n) is 9.95. The van der Waals surface area contributed by atoms with Crippen LogP contribution >= 0.6 is 12.4 Å². The highest BCUT2D eigenvalue weighted by atomic mass is 35.5. The predicted octanol–water partition coefficient (Wildman–Crippen LogP) is 2.95. The van der Waals surface area contributed by atoms with Crippen LogP contribution < -0.4 is 15.6 Å². The summed E-state index contributed by atoms with van der Waals surface area (Å²) in [5, 5.41) is 12.0. The van der Waals surface area contributed by atoms with Crippen LogP contribution in [-0.2, 0) is 0 Å². The lowest BCUT2D eigenvalue weighted by Gasteiger charge is -2.23. The second kappa shape index (κ2) is 8.52. The minimum atomic E-state index is -0.166. The molecular weight excluding hydrogens is 420 g/mol. The van der Waals surface area contributed by atoms with Gasteiger partial charge in [0.2, 0.25) is 5.82 Å². The van der Waals surface area contributed by atoms with Gasteiger partial charge in [0.05, 0.1) is 19.0 Å². The molecular formula is C21H23ClN6O3. The van der Waals surface area contributed by atoms with Gasteiger partial charge in [0.25, 0.3) is 11.4 Å². The molecule has 162 valence electrons. The molecule has 0 amide bonds. The number of halogens is 1. The molecule has 0 bridgehead atoms. The van der Waals surface area contributed by atoms with E-state index in [0.717, 1.165) is 48.5 Å². The molecule has 0 unspecified atom stereocenters. The van der Waals surface area contributed by atoms with E-state index in [2.05, 4.69) is 25.5 Å². The maximum atomic E-state index is 12.4. The molecule has 0 atom stereocenters. The SMILES string of the molecule is COc1cc(-c2noc(-c3cnn4c(C5CCNCC5)cc(=O)[nH]c34)n2)ccc1C.Cl. The average molecular weight is 443 g/mol. The number of methoxy groups -OCH3 is 1. The molecule has 3 aromatic heterocycles. The molecule has 2 N–H and O–H groups in total. The third-order valence-corrected chi connectivity index (χ3v) is 5.61. The van der Waals surface area contributed by atoms with Crippen molar-refractivity contribution in [2.45, 2.75) is 25.7 Å². The molecule has 5 rings (SSSR count). The zero-order valence-electron chi connectivity index (χ0n) is 17.2. The fourth-order valence-corrected chi connectivity index (χ4v) is 3.99. The maximum absolute atomic E-state index is 12.4. The number of benzene rings is 1. The van der Waals surface area contributed by atoms with Crippen molar-refractivity contribution in [1.82, 2.24) is 30.1 Å². The van der Waals surface area contributed by atoms with Crippen LogP contribution in [0.15, 0.2) is 39.8 Å². The molecule has 10 heteroatoms. The summed E-state index contributed by atoms with van der Waals surface area (Å²) < 4.78 is 12.7. The average Bonchev–Trinajstić information content (AvgIpc) is 3.41. The molecule has 9 nitrogen and oxygen atoms in total. The molecule has 4 aromatic rings. The van der Waals surface area contributed by atoms with Crippen LogP contribution in [-0.4, -0.2) is 44.9 Å². The van der Waals surface area contributed by atoms with Crippen LogP contribution in [0.1, 0.15) is 30.0 Å². The molecule has 1 fully saturated rings. The fraction of sp³-hybridized carbons (Fsp3) is 0.333. The zero-order chi connectivity index (χ0) is 20.7. The van der Waals surface area contributed by atoms with Crippen LogP contribution in [0.25, 0.3) is 28.5 Å². The van der Waals surface area contributed by atoms with Crippen molar-refractivity contribution >= 4 is 18.1 Å². The highest BCUT2D eigenvalue weighted by Gasteiger charge is 2.22. The van der Waals surface area contributed by atoms with Crippen molar-refractivity contribution in [2.24, 2.45) is 0 Å². The highest BCUT2D eigenvalue weighted by molar-refractivity contribution is 5.85. The van der Waals surface area contributed by atoms with Gasteiger partial charge in [-0.25, -0.2) is 4.52 Å². The third kappa shape index (κ3) is 3.82. The van der Waals surface area contributed by atoms with Gasteiger partial charge in [-0.2, -0.15) is 10.1 Å². The van der Waals surface area contributed by atoms with Gasteiger partial charge in [0.15, 0.2) is 0 Å². The normalized spacial score (nSPS) is 14.5. The van der Waals surface area contributed by atoms with Crippen molar-refractivity contribution in [3.63, 3.8) is 0 Å². The van der Waals surface area contributed by atoms with E-state index in [1.165, 1.54) is 0 Å². The summed E-state index contributed by atoms with van der Waals surface area (Å²) in [6.07, 6.45) is 3.59. The van der Waals surface area contributed by atoms with E-state index in [9.17, 15) is 4.79 Å². The molecule has 1 aliphatic heterocycles. The molecule has 1 saturated heterocycles. The second-order valence-corrected chi connectivity index (χ2v) is 7.51. The Hall–Kier alpha value is -3.17. The summed E-state index contributed by atoms with van der Waals surface area (Å²) in [5.74, 6) is 1.78. The number of H-pyrrole nitrogens is 1. The van der Waals surface area contributed by atoms with Crippen LogP contribution in [0.4, 0.5) is 0 Å². The van der Waals surface area contributed by atoms with E-state index >= 15 is 0 Å². The number of nitrogens with zero attached hydrogens (tertiary/aromatic N) is 4. The number of fused-ring (bicyclic) bond motifs is 1. The van der Waals surface area contributed by atoms with Crippen LogP contribution in [0.3, 0.4) is 0 Å². The van der Waals surface area contributed by atoms with Crippen molar-refractivity contribution in [3.8, 4) is 28.6 Å². The molecule has 0 aliphatic carbocycles. The number of rotatable bonds is 4. The Morgan fingerprint density at radius 3 is 2.81 bits per heavy atom. The van der Waals surface area contributed by atoms with E-state index in [4.69, 9.17) is 9.26 Å². The van der Waals surface area contributed by atoms with Gasteiger partial charge in [-0.3, -0.25) is 4.79 Å². The van der Waals surface area contributed by atoms with Gasteiger partial charge >= 0.3 is 0 Å². The molecule has 0 spiro atoms. The lowest BCUT2D eigenvalue weighted by Crippen LogP contribution is -2.28. The van der Waals surface area contributed by atoms with Crippen molar-refractivity contribution in [2.75, 3.05) is 20.2 Å². The Balaban J connectivity index is 0.00000231. The number of aromatic amines is 1. The van der Waals surface area contributed by atoms with E-state index in [-0.39, 0.29) is 23.9 Å². The lowest BCUT2D eigenvalue weighted by molar-refractivity contribution is 0.411. The van der Waals surface area contributed by atoms with E-state index in [0.29, 0.717) is 22.9 Å². The topological polar surface area (TPSA) is 110 Å². The summed E-state index contributed by atoms with van der Waals surface area (Å²) in [6, 6.07) is 7.37. The Kier molecular flexibility index (Phi) is 5.79. The summed E-state index contributed by atoms with van der Waals surface area (Å²) >= 11 is 0. The molecule has 1 aliphatic rings. The van der Waals surface area contributed by atoms with Gasteiger partial charge in [-0.15, -0.1) is 12.4 Å². The molecule has 1 aromatic carbocycles. The molecule has 4 heterocycles. The number of ether oxygens (including phenoxy) is 1. The summed E-state index contributed by atoms with van der Waals surface area (Å²) in [7, 11) is 1.63. The van der Waals surface area contributed by atoms with Crippen LogP contribution in [0.5, 0.6) is 5.75 Å². The molecule has 0 radical (unpaired) electrons. The Morgan fingerprint density at radius 2 is 2.03 bits per heavy atom. The van der Waals surface area contributed by atoms with E-state index in [1.807, 2.05) is 25.1 Å². The van der Waals surface area contributed by atoms with Crippen LogP contribution in [0.2, 0.25) is 0 Å². The van der Waals surface area contributed by atoms with E-state index in [1.54, 1.807) is 23.9 Å². The number of nitrogens with one attached hydrogen (secondary N) is 2. The largest absolute Gasteiger partial charge is 0.496 e. The minimum Gasteiger partial charge on any atom is -0.496 e. The number of hydrogen-bond donors (Lipinski definition) is 2. The van der Waals surface area contributed by atoms with Crippen molar-refractivity contribution in [3.05, 3.63) is 52.1 Å². The lowest BCUT2D eigenvalue weighted by atomic mass is 9.94. The first-order chi connectivity index (χ1) is 14.6. The zero-order valence-corrected chi connectivity index (χ0v) is 18.0. The number of piperidine rings is 1. The number of aromatic nitrogens is 5. The highest BCUT2D eigenvalue weighted by Crippen LogP contribution is 2.30. The monoisotopic (exact) mass is 442 g/mol. The van der Waals surface area contributed by atoms with Gasteiger partial charge in [0.1, 0.15) is 17.0 Å². The number of aryl methyl sites for hydroxylation is 1. The number of hydrogen-bond acceptors (Lipinski definition) is 7. The molecule has 0 saturated carbocycles. The predicted molar refractivity (Wildman–Crippen MR) is 118 cm³/mol. The van der Waals surface area contributed by atoms with Gasteiger partial charge in [-0.05, 0) is 44.5 Å². The Bertz CT molecular complexity index is 1270. The standard InChI is InChI=1S/C21H22N6O3.ClH/c1-12-3-4-14(9-17(12)29-2)19-25-21(30-26-19)15-11-23-27-16(10-18(28)24-20(15)27)13-5-7-22-8-6-13;/h3-4,9-11,13,22H,5-8H2,1-2H3,(H,24,28);1H. The smallest absolute Gasteiger partial charge is 0.263 e. The summed E-state index contributed by atoms with van der Waals surface area (Å²) in [4.78, 5) is 19.8. The Morgan fingerprint density at radius 1 is 1.23 bits per heavy atom. The van der Waals surface area contributed by atoms with Gasteiger partial charge in [0, 0.05) is 17.5 Å². The van der Waals surface area contributed by atoms with Crippen LogP contribution in [0, 0.1) is 6.92 Å². The molecule has 31 heavy (non-hydrogen) atoms. The minimum absolute atomic E-state index is 0. The van der Waals surface area contributed by atoms with Crippen molar-refractivity contribution < 1.29 is 9.26 Å². The van der Waals surface area contributed by atoms with Gasteiger partial charge < -0.3 is 19.6 Å². The summed E-state index contributed by atoms with van der Waals surface area (Å²) in [5.41, 5.74) is 3.71. The van der Waals surface area contributed by atoms with E-state index < -0.39 is 0 Å². The maximum Gasteiger partial charge on any atom is 0.263 e. The fourth-order valence-electron chi connectivity index (χ4n) is 3.99. The third-order valence-electron chi connectivity index (χ3n) is 5.61.